The largest absolute Gasteiger partial charge is 0.507 e. The van der Waals surface area contributed by atoms with Crippen molar-refractivity contribution in [1.82, 2.24) is 0 Å². The molecule has 1 unspecified atom stereocenters. The molecule has 0 fully saturated rings. The Balaban J connectivity index is 2.68. The van der Waals surface area contributed by atoms with Crippen LogP contribution in [0.4, 0.5) is 0 Å². The Bertz CT molecular complexity index is 655. The molecule has 0 aliphatic carbocycles. The van der Waals surface area contributed by atoms with E-state index in [4.69, 9.17) is 0 Å². The van der Waals surface area contributed by atoms with E-state index < -0.39 is 0 Å². The topological polar surface area (TPSA) is 65.2 Å². The number of aromatic hydroxyl groups is 1. The summed E-state index contributed by atoms with van der Waals surface area (Å²) >= 11 is 0. The van der Waals surface area contributed by atoms with Crippen LogP contribution in [0.25, 0.3) is 0 Å². The van der Waals surface area contributed by atoms with Crippen LogP contribution in [0, 0.1) is 0 Å². The van der Waals surface area contributed by atoms with Gasteiger partial charge in [0.2, 0.25) is 0 Å². The van der Waals surface area contributed by atoms with Gasteiger partial charge >= 0.3 is 0 Å². The van der Waals surface area contributed by atoms with E-state index in [2.05, 4.69) is 23.1 Å². The van der Waals surface area contributed by atoms with Crippen molar-refractivity contribution in [2.75, 3.05) is 6.54 Å². The van der Waals surface area contributed by atoms with Crippen molar-refractivity contribution >= 4 is 12.4 Å². The van der Waals surface area contributed by atoms with E-state index in [1.165, 1.54) is 12.2 Å². The second kappa shape index (κ2) is 9.95. The predicted molar refractivity (Wildman–Crippen MR) is 97.7 cm³/mol. The molecule has 0 amide bonds. The van der Waals surface area contributed by atoms with Crippen LogP contribution in [0.15, 0.2) is 83.0 Å². The Labute approximate surface area is 137 Å². The number of hydrogen-bond donors (Lipinski definition) is 2. The quantitative estimate of drug-likeness (QED) is 0.433. The molecular weight excluding hydrogens is 288 g/mol. The predicted octanol–water partition coefficient (Wildman–Crippen LogP) is 4.01. The molecule has 0 saturated heterocycles. The molecule has 1 atom stereocenters. The van der Waals surface area contributed by atoms with Gasteiger partial charge in [0.25, 0.3) is 0 Å². The van der Waals surface area contributed by atoms with Crippen molar-refractivity contribution < 1.29 is 10.2 Å². The number of aliphatic hydroxyl groups is 1. The molecular formula is C19H22N2O2. The van der Waals surface area contributed by atoms with Gasteiger partial charge < -0.3 is 10.2 Å². The number of phenolic OH excluding ortho intramolecular Hbond substituents is 1. The highest BCUT2D eigenvalue weighted by atomic mass is 16.3. The van der Waals surface area contributed by atoms with E-state index in [0.717, 1.165) is 0 Å². The zero-order valence-electron chi connectivity index (χ0n) is 13.3. The van der Waals surface area contributed by atoms with Gasteiger partial charge in [-0.05, 0) is 25.1 Å². The van der Waals surface area contributed by atoms with Crippen molar-refractivity contribution in [2.45, 2.75) is 13.0 Å². The second-order valence-electron chi connectivity index (χ2n) is 4.83. The molecule has 0 radical (unpaired) electrons. The zero-order valence-corrected chi connectivity index (χ0v) is 13.3. The van der Waals surface area contributed by atoms with Gasteiger partial charge in [-0.3, -0.25) is 9.98 Å². The molecule has 2 N–H and O–H groups in total. The van der Waals surface area contributed by atoms with E-state index >= 15 is 0 Å². The lowest BCUT2D eigenvalue weighted by Gasteiger charge is -2.04. The van der Waals surface area contributed by atoms with Crippen LogP contribution in [-0.2, 0) is 0 Å². The molecule has 0 aromatic heterocycles. The maximum atomic E-state index is 9.83. The van der Waals surface area contributed by atoms with Gasteiger partial charge in [-0.15, -0.1) is 0 Å². The van der Waals surface area contributed by atoms with Gasteiger partial charge in [0.05, 0.1) is 12.6 Å². The third-order valence-corrected chi connectivity index (χ3v) is 2.87. The summed E-state index contributed by atoms with van der Waals surface area (Å²) in [5.41, 5.74) is 1.22. The minimum atomic E-state index is -0.0677. The maximum Gasteiger partial charge on any atom is 0.124 e. The molecule has 0 spiro atoms. The molecule has 0 heterocycles. The summed E-state index contributed by atoms with van der Waals surface area (Å²) in [4.78, 5) is 8.62. The van der Waals surface area contributed by atoms with Crippen LogP contribution < -0.4 is 0 Å². The minimum Gasteiger partial charge on any atom is -0.507 e. The minimum absolute atomic E-state index is 0.0677. The first-order valence-electron chi connectivity index (χ1n) is 7.24. The number of allylic oxidation sites excluding steroid dienone is 5. The first-order chi connectivity index (χ1) is 11.1. The van der Waals surface area contributed by atoms with Gasteiger partial charge in [-0.2, -0.15) is 0 Å². The normalized spacial score (nSPS) is 14.3. The molecule has 1 aromatic carbocycles. The summed E-state index contributed by atoms with van der Waals surface area (Å²) in [5, 5.41) is 19.5. The van der Waals surface area contributed by atoms with Crippen LogP contribution in [0.3, 0.4) is 0 Å². The first-order valence-corrected chi connectivity index (χ1v) is 7.24. The molecule has 4 heteroatoms. The summed E-state index contributed by atoms with van der Waals surface area (Å²) in [5.74, 6) is 0.275. The zero-order chi connectivity index (χ0) is 17.1. The fraction of sp³-hybridized carbons (Fsp3) is 0.158. The Morgan fingerprint density at radius 1 is 1.22 bits per heavy atom. The third-order valence-electron chi connectivity index (χ3n) is 2.87. The molecule has 23 heavy (non-hydrogen) atoms. The van der Waals surface area contributed by atoms with Crippen LogP contribution in [-0.4, -0.2) is 35.2 Å². The monoisotopic (exact) mass is 310 g/mol. The standard InChI is InChI=1S/C19H22N2O2/c1-4-8-16(18(22)9-5-2)14-21-15(3)12-20-13-17-10-6-7-11-19(17)23/h4-11,13-15,22-23H,1-2,12H2,3H3/b16-8-,18-9+,20-13?,21-14?. The van der Waals surface area contributed by atoms with Crippen molar-refractivity contribution in [3.63, 3.8) is 0 Å². The summed E-state index contributed by atoms with van der Waals surface area (Å²) in [6, 6.07) is 6.93. The van der Waals surface area contributed by atoms with Crippen molar-refractivity contribution in [2.24, 2.45) is 9.98 Å². The Morgan fingerprint density at radius 3 is 2.57 bits per heavy atom. The second-order valence-corrected chi connectivity index (χ2v) is 4.83. The van der Waals surface area contributed by atoms with Crippen molar-refractivity contribution in [3.8, 4) is 5.75 Å². The molecule has 0 bridgehead atoms. The number of benzene rings is 1. The number of rotatable bonds is 8. The highest BCUT2D eigenvalue weighted by molar-refractivity contribution is 5.84. The molecule has 0 saturated carbocycles. The van der Waals surface area contributed by atoms with E-state index in [-0.39, 0.29) is 17.6 Å². The summed E-state index contributed by atoms with van der Waals surface area (Å²) < 4.78 is 0. The lowest BCUT2D eigenvalue weighted by atomic mass is 10.2. The van der Waals surface area contributed by atoms with E-state index in [9.17, 15) is 10.2 Å². The SMILES string of the molecule is C=C/C=C(C=NC(C)CN=Cc1ccccc1O)\C(O)=C/C=C. The van der Waals surface area contributed by atoms with Crippen LogP contribution in [0.1, 0.15) is 12.5 Å². The Kier molecular flexibility index (Phi) is 7.86. The van der Waals surface area contributed by atoms with E-state index in [1.807, 2.05) is 13.0 Å². The molecule has 120 valence electrons. The molecule has 0 aliphatic rings. The average Bonchev–Trinajstić information content (AvgIpc) is 2.53. The van der Waals surface area contributed by atoms with Gasteiger partial charge in [0.15, 0.2) is 0 Å². The smallest absolute Gasteiger partial charge is 0.124 e. The fourth-order valence-electron chi connectivity index (χ4n) is 1.68. The number of phenols is 1. The number of nitrogens with zero attached hydrogens (tertiary/aromatic N) is 2. The lowest BCUT2D eigenvalue weighted by Crippen LogP contribution is -2.04. The summed E-state index contributed by atoms with van der Waals surface area (Å²) in [7, 11) is 0. The molecule has 1 rings (SSSR count). The lowest BCUT2D eigenvalue weighted by molar-refractivity contribution is 0.428. The Hall–Kier alpha value is -2.88. The fourth-order valence-corrected chi connectivity index (χ4v) is 1.68. The average molecular weight is 310 g/mol. The Morgan fingerprint density at radius 2 is 1.91 bits per heavy atom. The first kappa shape index (κ1) is 18.2. The van der Waals surface area contributed by atoms with Crippen LogP contribution >= 0.6 is 0 Å². The van der Waals surface area contributed by atoms with Crippen molar-refractivity contribution in [1.29, 1.82) is 0 Å². The highest BCUT2D eigenvalue weighted by Gasteiger charge is 2.01. The van der Waals surface area contributed by atoms with Gasteiger partial charge in [-0.1, -0.05) is 43.5 Å². The highest BCUT2D eigenvalue weighted by Crippen LogP contribution is 2.12. The van der Waals surface area contributed by atoms with Gasteiger partial charge in [0.1, 0.15) is 11.5 Å². The maximum absolute atomic E-state index is 9.83. The number of aliphatic imine (C=N–C) groups is 2. The molecule has 1 aromatic rings. The van der Waals surface area contributed by atoms with Crippen molar-refractivity contribution in [3.05, 3.63) is 78.6 Å². The van der Waals surface area contributed by atoms with Crippen LogP contribution in [0.2, 0.25) is 0 Å². The van der Waals surface area contributed by atoms with E-state index in [1.54, 1.807) is 42.8 Å². The van der Waals surface area contributed by atoms with Gasteiger partial charge in [0, 0.05) is 23.6 Å². The van der Waals surface area contributed by atoms with Crippen LogP contribution in [0.5, 0.6) is 5.75 Å². The number of aliphatic hydroxyl groups excluding tert-OH is 1. The van der Waals surface area contributed by atoms with Gasteiger partial charge in [-0.25, -0.2) is 0 Å². The summed E-state index contributed by atoms with van der Waals surface area (Å²) in [6.45, 7) is 9.54. The number of para-hydroxylation sites is 1. The van der Waals surface area contributed by atoms with E-state index in [0.29, 0.717) is 17.7 Å². The molecule has 4 nitrogen and oxygen atoms in total. The summed E-state index contributed by atoms with van der Waals surface area (Å²) in [6.07, 6.45) is 9.43. The third kappa shape index (κ3) is 6.61. The molecule has 0 aliphatic heterocycles. The number of hydrogen-bond acceptors (Lipinski definition) is 4.